The number of hydrogen-bond acceptors (Lipinski definition) is 5. The molecule has 5 heteroatoms. The lowest BCUT2D eigenvalue weighted by Gasteiger charge is -2.28. The van der Waals surface area contributed by atoms with E-state index in [1.165, 1.54) is 7.11 Å². The number of rotatable bonds is 6. The molecule has 1 rings (SSSR count). The van der Waals surface area contributed by atoms with Crippen molar-refractivity contribution >= 4 is 5.97 Å². The van der Waals surface area contributed by atoms with Crippen LogP contribution in [-0.4, -0.2) is 45.0 Å². The molecule has 0 heterocycles. The quantitative estimate of drug-likeness (QED) is 0.702. The van der Waals surface area contributed by atoms with Crippen molar-refractivity contribution in [2.24, 2.45) is 5.73 Å². The van der Waals surface area contributed by atoms with Gasteiger partial charge in [-0.15, -0.1) is 0 Å². The van der Waals surface area contributed by atoms with Gasteiger partial charge in [-0.3, -0.25) is 4.79 Å². The molecule has 1 aliphatic rings. The summed E-state index contributed by atoms with van der Waals surface area (Å²) >= 11 is 0. The molecule has 0 aromatic carbocycles. The number of carbonyl (C=O) groups is 1. The second-order valence-electron chi connectivity index (χ2n) is 4.44. The van der Waals surface area contributed by atoms with Crippen molar-refractivity contribution < 1.29 is 19.0 Å². The molecule has 0 aliphatic heterocycles. The molecule has 0 bridgehead atoms. The molecule has 3 atom stereocenters. The van der Waals surface area contributed by atoms with E-state index in [1.54, 1.807) is 7.11 Å². The Kier molecular flexibility index (Phi) is 6.47. The monoisotopic (exact) mass is 245 g/mol. The molecule has 2 N–H and O–H groups in total. The van der Waals surface area contributed by atoms with Crippen molar-refractivity contribution in [1.82, 2.24) is 0 Å². The molecule has 0 aromatic heterocycles. The van der Waals surface area contributed by atoms with Crippen LogP contribution < -0.4 is 5.73 Å². The summed E-state index contributed by atoms with van der Waals surface area (Å²) in [4.78, 5) is 11.1. The average molecular weight is 245 g/mol. The van der Waals surface area contributed by atoms with E-state index in [0.29, 0.717) is 19.1 Å². The zero-order valence-electron chi connectivity index (χ0n) is 10.7. The van der Waals surface area contributed by atoms with Gasteiger partial charge in [0.2, 0.25) is 0 Å². The first kappa shape index (κ1) is 14.4. The topological polar surface area (TPSA) is 70.8 Å². The minimum Gasteiger partial charge on any atom is -0.468 e. The maximum atomic E-state index is 11.1. The van der Waals surface area contributed by atoms with Crippen LogP contribution in [0.5, 0.6) is 0 Å². The summed E-state index contributed by atoms with van der Waals surface area (Å²) < 4.78 is 15.6. The number of carbonyl (C=O) groups excluding carboxylic acids is 1. The van der Waals surface area contributed by atoms with Gasteiger partial charge in [0, 0.05) is 13.7 Å². The van der Waals surface area contributed by atoms with E-state index in [0.717, 1.165) is 25.7 Å². The van der Waals surface area contributed by atoms with E-state index in [9.17, 15) is 4.79 Å². The Morgan fingerprint density at radius 2 is 2.06 bits per heavy atom. The molecule has 0 spiro atoms. The fourth-order valence-electron chi connectivity index (χ4n) is 2.10. The van der Waals surface area contributed by atoms with Gasteiger partial charge in [-0.1, -0.05) is 0 Å². The van der Waals surface area contributed by atoms with Crippen LogP contribution in [0.1, 0.15) is 32.1 Å². The van der Waals surface area contributed by atoms with Crippen molar-refractivity contribution in [2.75, 3.05) is 20.8 Å². The molecule has 1 aliphatic carbocycles. The summed E-state index contributed by atoms with van der Waals surface area (Å²) in [6, 6.07) is -0.582. The molecular formula is C12H23NO4. The predicted octanol–water partition coefficient (Wildman–Crippen LogP) is 0.851. The average Bonchev–Trinajstić information content (AvgIpc) is 2.37. The van der Waals surface area contributed by atoms with E-state index >= 15 is 0 Å². The summed E-state index contributed by atoms with van der Waals surface area (Å²) in [6.45, 7) is 0.497. The summed E-state index contributed by atoms with van der Waals surface area (Å²) in [5, 5.41) is 0. The Hall–Kier alpha value is -0.650. The highest BCUT2D eigenvalue weighted by Gasteiger charge is 2.22. The lowest BCUT2D eigenvalue weighted by molar-refractivity contribution is -0.142. The standard InChI is InChI=1S/C12H23NO4/c1-15-9-4-3-5-10(8-9)17-7-6-11(13)12(14)16-2/h9-11H,3-8,13H2,1-2H3. The minimum absolute atomic E-state index is 0.235. The van der Waals surface area contributed by atoms with E-state index in [4.69, 9.17) is 15.2 Å². The van der Waals surface area contributed by atoms with Crippen LogP contribution in [0, 0.1) is 0 Å². The van der Waals surface area contributed by atoms with Crippen molar-refractivity contribution in [1.29, 1.82) is 0 Å². The van der Waals surface area contributed by atoms with E-state index in [1.807, 2.05) is 0 Å². The third kappa shape index (κ3) is 5.02. The Morgan fingerprint density at radius 3 is 2.71 bits per heavy atom. The second-order valence-corrected chi connectivity index (χ2v) is 4.44. The summed E-state index contributed by atoms with van der Waals surface area (Å²) in [7, 11) is 3.08. The van der Waals surface area contributed by atoms with Crippen LogP contribution in [0.3, 0.4) is 0 Å². The molecule has 5 nitrogen and oxygen atoms in total. The van der Waals surface area contributed by atoms with Crippen LogP contribution in [0.4, 0.5) is 0 Å². The highest BCUT2D eigenvalue weighted by Crippen LogP contribution is 2.23. The smallest absolute Gasteiger partial charge is 0.322 e. The molecule has 1 saturated carbocycles. The van der Waals surface area contributed by atoms with Gasteiger partial charge in [0.1, 0.15) is 6.04 Å². The van der Waals surface area contributed by atoms with Crippen molar-refractivity contribution in [2.45, 2.75) is 50.4 Å². The zero-order chi connectivity index (χ0) is 12.7. The van der Waals surface area contributed by atoms with Gasteiger partial charge >= 0.3 is 5.97 Å². The molecular weight excluding hydrogens is 222 g/mol. The van der Waals surface area contributed by atoms with Crippen LogP contribution in [0.15, 0.2) is 0 Å². The van der Waals surface area contributed by atoms with Gasteiger partial charge in [-0.25, -0.2) is 0 Å². The number of hydrogen-bond donors (Lipinski definition) is 1. The first-order valence-corrected chi connectivity index (χ1v) is 6.15. The molecule has 0 radical (unpaired) electrons. The zero-order valence-corrected chi connectivity index (χ0v) is 10.7. The molecule has 100 valence electrons. The van der Waals surface area contributed by atoms with Crippen LogP contribution in [-0.2, 0) is 19.0 Å². The third-order valence-corrected chi connectivity index (χ3v) is 3.20. The Bertz CT molecular complexity index is 235. The summed E-state index contributed by atoms with van der Waals surface area (Å²) in [5.74, 6) is -0.382. The molecule has 0 amide bonds. The summed E-state index contributed by atoms with van der Waals surface area (Å²) in [5.41, 5.74) is 5.62. The SMILES string of the molecule is COC(=O)C(N)CCOC1CCCC(OC)C1. The highest BCUT2D eigenvalue weighted by molar-refractivity contribution is 5.75. The van der Waals surface area contributed by atoms with Crippen molar-refractivity contribution in [3.8, 4) is 0 Å². The maximum Gasteiger partial charge on any atom is 0.322 e. The first-order valence-electron chi connectivity index (χ1n) is 6.15. The Labute approximate surface area is 103 Å². The number of nitrogens with two attached hydrogens (primary N) is 1. The van der Waals surface area contributed by atoms with Gasteiger partial charge in [0.15, 0.2) is 0 Å². The molecule has 0 saturated heterocycles. The highest BCUT2D eigenvalue weighted by atomic mass is 16.5. The van der Waals surface area contributed by atoms with Crippen LogP contribution >= 0.6 is 0 Å². The number of ether oxygens (including phenoxy) is 3. The summed E-state index contributed by atoms with van der Waals surface area (Å²) in [6.07, 6.45) is 5.28. The van der Waals surface area contributed by atoms with Crippen molar-refractivity contribution in [3.05, 3.63) is 0 Å². The normalized spacial score (nSPS) is 26.5. The Balaban J connectivity index is 2.15. The van der Waals surface area contributed by atoms with Crippen LogP contribution in [0.2, 0.25) is 0 Å². The fourth-order valence-corrected chi connectivity index (χ4v) is 2.10. The molecule has 17 heavy (non-hydrogen) atoms. The lowest BCUT2D eigenvalue weighted by atomic mass is 9.95. The van der Waals surface area contributed by atoms with Crippen LogP contribution in [0.25, 0.3) is 0 Å². The molecule has 0 aromatic rings. The van der Waals surface area contributed by atoms with E-state index < -0.39 is 6.04 Å². The molecule has 1 fully saturated rings. The first-order chi connectivity index (χ1) is 8.17. The van der Waals surface area contributed by atoms with Gasteiger partial charge < -0.3 is 19.9 Å². The largest absolute Gasteiger partial charge is 0.468 e. The third-order valence-electron chi connectivity index (χ3n) is 3.20. The Morgan fingerprint density at radius 1 is 1.35 bits per heavy atom. The number of methoxy groups -OCH3 is 2. The minimum atomic E-state index is -0.582. The van der Waals surface area contributed by atoms with Gasteiger partial charge in [0.25, 0.3) is 0 Å². The van der Waals surface area contributed by atoms with Crippen molar-refractivity contribution in [3.63, 3.8) is 0 Å². The van der Waals surface area contributed by atoms with Gasteiger partial charge in [-0.2, -0.15) is 0 Å². The lowest BCUT2D eigenvalue weighted by Crippen LogP contribution is -2.34. The second kappa shape index (κ2) is 7.63. The fraction of sp³-hybridized carbons (Fsp3) is 0.917. The van der Waals surface area contributed by atoms with Gasteiger partial charge in [0.05, 0.1) is 19.3 Å². The van der Waals surface area contributed by atoms with E-state index in [2.05, 4.69) is 4.74 Å². The van der Waals surface area contributed by atoms with Gasteiger partial charge in [-0.05, 0) is 32.1 Å². The predicted molar refractivity (Wildman–Crippen MR) is 63.6 cm³/mol. The van der Waals surface area contributed by atoms with E-state index in [-0.39, 0.29) is 12.1 Å². The maximum absolute atomic E-state index is 11.1. The molecule has 3 unspecified atom stereocenters. The number of esters is 1.